The number of phenolic OH excluding ortho intramolecular Hbond substituents is 3. The Balaban J connectivity index is 1.55. The van der Waals surface area contributed by atoms with Gasteiger partial charge < -0.3 is 44.8 Å². The van der Waals surface area contributed by atoms with E-state index in [-0.39, 0.29) is 17.2 Å². The van der Waals surface area contributed by atoms with Crippen molar-refractivity contribution in [2.45, 2.75) is 30.7 Å². The fraction of sp³-hybridized carbons (Fsp3) is 0.250. The maximum absolute atomic E-state index is 12.1. The number of ether oxygens (including phenoxy) is 3. The molecule has 0 amide bonds. The molecular formula is C24H24O11. The summed E-state index contributed by atoms with van der Waals surface area (Å²) in [6.45, 7) is -0.535. The van der Waals surface area contributed by atoms with Crippen molar-refractivity contribution in [1.29, 1.82) is 0 Å². The minimum Gasteiger partial charge on any atom is -0.508 e. The highest BCUT2D eigenvalue weighted by Crippen LogP contribution is 2.26. The number of carbonyl (C=O) groups is 2. The molecule has 5 atom stereocenters. The van der Waals surface area contributed by atoms with Crippen molar-refractivity contribution in [3.63, 3.8) is 0 Å². The smallest absolute Gasteiger partial charge is 0.333 e. The molecule has 1 heterocycles. The third kappa shape index (κ3) is 7.04. The number of aliphatic hydroxyl groups is 3. The van der Waals surface area contributed by atoms with E-state index in [9.17, 15) is 40.2 Å². The predicted octanol–water partition coefficient (Wildman–Crippen LogP) is 0.424. The highest BCUT2D eigenvalue weighted by molar-refractivity contribution is 5.87. The maximum atomic E-state index is 12.1. The van der Waals surface area contributed by atoms with Gasteiger partial charge in [0, 0.05) is 12.2 Å². The van der Waals surface area contributed by atoms with Crippen LogP contribution in [0.1, 0.15) is 11.1 Å². The van der Waals surface area contributed by atoms with Crippen LogP contribution in [0, 0.1) is 0 Å². The van der Waals surface area contributed by atoms with Crippen molar-refractivity contribution in [2.24, 2.45) is 0 Å². The van der Waals surface area contributed by atoms with Crippen LogP contribution in [-0.2, 0) is 23.8 Å². The Labute approximate surface area is 199 Å². The SMILES string of the molecule is O=C(/C=C/c1ccc(O)c(O)c1)OC[C@H]1O[C@@H](OC(=O)/C=C/c2ccc(O)cc2)[C@H](O)[C@@H](O)[C@@H]1O. The lowest BCUT2D eigenvalue weighted by molar-refractivity contribution is -0.291. The summed E-state index contributed by atoms with van der Waals surface area (Å²) in [7, 11) is 0. The lowest BCUT2D eigenvalue weighted by atomic mass is 9.99. The van der Waals surface area contributed by atoms with E-state index in [1.54, 1.807) is 12.1 Å². The summed E-state index contributed by atoms with van der Waals surface area (Å²) >= 11 is 0. The topological polar surface area (TPSA) is 183 Å². The van der Waals surface area contributed by atoms with Crippen LogP contribution in [0.3, 0.4) is 0 Å². The Bertz CT molecular complexity index is 1090. The van der Waals surface area contributed by atoms with Gasteiger partial charge in [-0.3, -0.25) is 0 Å². The minimum absolute atomic E-state index is 0.0536. The van der Waals surface area contributed by atoms with Gasteiger partial charge in [-0.1, -0.05) is 18.2 Å². The molecule has 1 aliphatic heterocycles. The van der Waals surface area contributed by atoms with Gasteiger partial charge in [0.2, 0.25) is 6.29 Å². The van der Waals surface area contributed by atoms with Gasteiger partial charge in [0.05, 0.1) is 0 Å². The van der Waals surface area contributed by atoms with Crippen LogP contribution in [0.5, 0.6) is 17.2 Å². The molecule has 0 aromatic heterocycles. The molecule has 2 aromatic carbocycles. The fourth-order valence-electron chi connectivity index (χ4n) is 3.08. The molecule has 0 radical (unpaired) electrons. The third-order valence-corrected chi connectivity index (χ3v) is 5.01. The van der Waals surface area contributed by atoms with Gasteiger partial charge in [-0.15, -0.1) is 0 Å². The first-order valence-electron chi connectivity index (χ1n) is 10.4. The third-order valence-electron chi connectivity index (χ3n) is 5.01. The summed E-state index contributed by atoms with van der Waals surface area (Å²) in [6, 6.07) is 9.85. The van der Waals surface area contributed by atoms with E-state index in [1.807, 2.05) is 0 Å². The monoisotopic (exact) mass is 488 g/mol. The molecule has 2 aromatic rings. The fourth-order valence-corrected chi connectivity index (χ4v) is 3.08. The Morgan fingerprint density at radius 2 is 1.43 bits per heavy atom. The molecule has 1 aliphatic rings. The van der Waals surface area contributed by atoms with Crippen LogP contribution < -0.4 is 0 Å². The molecule has 3 rings (SSSR count). The number of aromatic hydroxyl groups is 3. The number of rotatable bonds is 7. The van der Waals surface area contributed by atoms with Crippen LogP contribution in [0.2, 0.25) is 0 Å². The molecule has 11 heteroatoms. The van der Waals surface area contributed by atoms with Gasteiger partial charge >= 0.3 is 11.9 Å². The number of carbonyl (C=O) groups excluding carboxylic acids is 2. The molecule has 1 saturated heterocycles. The predicted molar refractivity (Wildman–Crippen MR) is 120 cm³/mol. The summed E-state index contributed by atoms with van der Waals surface area (Å²) in [5.74, 6) is -2.40. The van der Waals surface area contributed by atoms with Crippen molar-refractivity contribution in [1.82, 2.24) is 0 Å². The van der Waals surface area contributed by atoms with E-state index in [1.165, 1.54) is 42.5 Å². The lowest BCUT2D eigenvalue weighted by Crippen LogP contribution is -2.59. The zero-order chi connectivity index (χ0) is 25.5. The zero-order valence-corrected chi connectivity index (χ0v) is 18.2. The molecular weight excluding hydrogens is 464 g/mol. The van der Waals surface area contributed by atoms with Crippen molar-refractivity contribution in [2.75, 3.05) is 6.61 Å². The molecule has 6 N–H and O–H groups in total. The van der Waals surface area contributed by atoms with E-state index in [0.717, 1.165) is 12.2 Å². The number of esters is 2. The molecule has 11 nitrogen and oxygen atoms in total. The average molecular weight is 488 g/mol. The van der Waals surface area contributed by atoms with Gasteiger partial charge in [-0.25, -0.2) is 9.59 Å². The summed E-state index contributed by atoms with van der Waals surface area (Å²) < 4.78 is 15.3. The van der Waals surface area contributed by atoms with Crippen LogP contribution >= 0.6 is 0 Å². The normalized spacial score (nSPS) is 24.5. The number of aliphatic hydroxyl groups excluding tert-OH is 3. The first kappa shape index (κ1) is 25.7. The molecule has 35 heavy (non-hydrogen) atoms. The Hall–Kier alpha value is -3.90. The average Bonchev–Trinajstić information content (AvgIpc) is 2.84. The highest BCUT2D eigenvalue weighted by Gasteiger charge is 2.45. The summed E-state index contributed by atoms with van der Waals surface area (Å²) in [5, 5.41) is 58.4. The van der Waals surface area contributed by atoms with Crippen molar-refractivity contribution < 1.29 is 54.4 Å². The first-order chi connectivity index (χ1) is 16.6. The molecule has 0 unspecified atom stereocenters. The van der Waals surface area contributed by atoms with Gasteiger partial charge in [0.15, 0.2) is 11.5 Å². The van der Waals surface area contributed by atoms with E-state index in [2.05, 4.69) is 0 Å². The molecule has 0 saturated carbocycles. The second-order valence-corrected chi connectivity index (χ2v) is 7.59. The van der Waals surface area contributed by atoms with Crippen molar-refractivity contribution in [3.8, 4) is 17.2 Å². The molecule has 186 valence electrons. The van der Waals surface area contributed by atoms with Crippen LogP contribution in [0.25, 0.3) is 12.2 Å². The second kappa shape index (κ2) is 11.5. The maximum Gasteiger partial charge on any atom is 0.333 e. The van der Waals surface area contributed by atoms with Crippen LogP contribution in [-0.4, -0.2) is 79.9 Å². The van der Waals surface area contributed by atoms with E-state index in [0.29, 0.717) is 11.1 Å². The van der Waals surface area contributed by atoms with E-state index >= 15 is 0 Å². The molecule has 0 aliphatic carbocycles. The summed E-state index contributed by atoms with van der Waals surface area (Å²) in [5.41, 5.74) is 0.984. The molecule has 1 fully saturated rings. The van der Waals surface area contributed by atoms with Crippen molar-refractivity contribution >= 4 is 24.1 Å². The second-order valence-electron chi connectivity index (χ2n) is 7.59. The van der Waals surface area contributed by atoms with E-state index in [4.69, 9.17) is 14.2 Å². The number of hydrogen-bond acceptors (Lipinski definition) is 11. The quantitative estimate of drug-likeness (QED) is 0.180. The van der Waals surface area contributed by atoms with Crippen LogP contribution in [0.4, 0.5) is 0 Å². The summed E-state index contributed by atoms with van der Waals surface area (Å²) in [6.07, 6.45) is -3.35. The number of benzene rings is 2. The Morgan fingerprint density at radius 3 is 2.11 bits per heavy atom. The Kier molecular flexibility index (Phi) is 8.44. The van der Waals surface area contributed by atoms with Gasteiger partial charge in [0.1, 0.15) is 36.8 Å². The standard InChI is InChI=1S/C24H24O11/c25-15-6-1-13(2-7-15)4-10-20(29)35-24-23(32)22(31)21(30)18(34-24)12-33-19(28)9-5-14-3-8-16(26)17(27)11-14/h1-11,18,21-27,30-32H,12H2/b9-5+,10-4+/t18-,21-,22+,23-,24+/m1/s1. The summed E-state index contributed by atoms with van der Waals surface area (Å²) in [4.78, 5) is 24.1. The zero-order valence-electron chi connectivity index (χ0n) is 18.2. The molecule has 0 spiro atoms. The largest absolute Gasteiger partial charge is 0.508 e. The number of phenols is 3. The lowest BCUT2D eigenvalue weighted by Gasteiger charge is -2.39. The highest BCUT2D eigenvalue weighted by atomic mass is 16.7. The van der Waals surface area contributed by atoms with Gasteiger partial charge in [-0.05, 0) is 47.5 Å². The number of hydrogen-bond donors (Lipinski definition) is 6. The van der Waals surface area contributed by atoms with Crippen LogP contribution in [0.15, 0.2) is 54.6 Å². The Morgan fingerprint density at radius 1 is 0.800 bits per heavy atom. The van der Waals surface area contributed by atoms with E-state index < -0.39 is 49.3 Å². The van der Waals surface area contributed by atoms with Crippen molar-refractivity contribution in [3.05, 3.63) is 65.7 Å². The van der Waals surface area contributed by atoms with Gasteiger partial charge in [0.25, 0.3) is 0 Å². The van der Waals surface area contributed by atoms with Gasteiger partial charge in [-0.2, -0.15) is 0 Å². The molecule has 0 bridgehead atoms. The first-order valence-corrected chi connectivity index (χ1v) is 10.4. The minimum atomic E-state index is -1.76.